The Bertz CT molecular complexity index is 1380. The maximum absolute atomic E-state index is 12.3. The number of hydrogen-bond acceptors (Lipinski definition) is 4. The zero-order chi connectivity index (χ0) is 21.6. The van der Waals surface area contributed by atoms with Crippen LogP contribution in [0.15, 0.2) is 90.6 Å². The predicted octanol–water partition coefficient (Wildman–Crippen LogP) is 5.81. The zero-order valence-corrected chi connectivity index (χ0v) is 16.5. The number of fused-ring (bicyclic) bond motifs is 2. The fourth-order valence-corrected chi connectivity index (χ4v) is 4.61. The molecule has 1 aliphatic carbocycles. The third kappa shape index (κ3) is 2.95. The first kappa shape index (κ1) is 18.9. The van der Waals surface area contributed by atoms with E-state index in [0.29, 0.717) is 5.56 Å². The molecular formula is C25H18N2O4. The molecule has 0 amide bonds. The third-order valence-electron chi connectivity index (χ3n) is 6.21. The molecule has 6 heteroatoms. The Morgan fingerprint density at radius 3 is 2.06 bits per heavy atom. The van der Waals surface area contributed by atoms with E-state index in [1.807, 2.05) is 72.8 Å². The summed E-state index contributed by atoms with van der Waals surface area (Å²) in [6, 6.07) is 26.3. The van der Waals surface area contributed by atoms with E-state index in [1.54, 1.807) is 12.1 Å². The SMILES string of the molecule is O=[N+]([O-])/C(=C/c1cccc2ccccc12)[C@]1([N+](=O)[O-])C[C@@H]1c1cccc2ccccc12. The average Bonchev–Trinajstić information content (AvgIpc) is 3.53. The molecule has 6 nitrogen and oxygen atoms in total. The van der Waals surface area contributed by atoms with Crippen molar-refractivity contribution in [3.63, 3.8) is 0 Å². The quantitative estimate of drug-likeness (QED) is 0.307. The smallest absolute Gasteiger partial charge is 0.263 e. The molecule has 0 heterocycles. The summed E-state index contributed by atoms with van der Waals surface area (Å²) >= 11 is 0. The normalized spacial score (nSPS) is 20.6. The van der Waals surface area contributed by atoms with E-state index in [0.717, 1.165) is 27.1 Å². The van der Waals surface area contributed by atoms with E-state index in [2.05, 4.69) is 0 Å². The van der Waals surface area contributed by atoms with E-state index in [9.17, 15) is 20.2 Å². The molecule has 1 saturated carbocycles. The van der Waals surface area contributed by atoms with Crippen LogP contribution in [0.4, 0.5) is 0 Å². The molecule has 0 N–H and O–H groups in total. The second-order valence-electron chi connectivity index (χ2n) is 7.86. The average molecular weight is 410 g/mol. The van der Waals surface area contributed by atoms with Crippen molar-refractivity contribution in [1.82, 2.24) is 0 Å². The fourth-order valence-electron chi connectivity index (χ4n) is 4.61. The molecule has 0 bridgehead atoms. The van der Waals surface area contributed by atoms with Gasteiger partial charge in [0, 0.05) is 17.4 Å². The highest BCUT2D eigenvalue weighted by Gasteiger charge is 2.75. The van der Waals surface area contributed by atoms with Crippen molar-refractivity contribution in [2.45, 2.75) is 17.9 Å². The van der Waals surface area contributed by atoms with Crippen molar-refractivity contribution in [1.29, 1.82) is 0 Å². The van der Waals surface area contributed by atoms with Gasteiger partial charge in [-0.3, -0.25) is 20.2 Å². The molecule has 1 aliphatic rings. The fraction of sp³-hybridized carbons (Fsp3) is 0.120. The minimum Gasteiger partial charge on any atom is -0.263 e. The molecule has 31 heavy (non-hydrogen) atoms. The highest BCUT2D eigenvalue weighted by Crippen LogP contribution is 2.59. The minimum atomic E-state index is -1.75. The maximum atomic E-state index is 12.3. The van der Waals surface area contributed by atoms with E-state index in [4.69, 9.17) is 0 Å². The van der Waals surface area contributed by atoms with Gasteiger partial charge in [0.15, 0.2) is 0 Å². The van der Waals surface area contributed by atoms with Crippen LogP contribution in [0.2, 0.25) is 0 Å². The topological polar surface area (TPSA) is 86.3 Å². The molecular weight excluding hydrogens is 392 g/mol. The van der Waals surface area contributed by atoms with Gasteiger partial charge in [-0.05, 0) is 32.7 Å². The van der Waals surface area contributed by atoms with Crippen LogP contribution >= 0.6 is 0 Å². The van der Waals surface area contributed by atoms with Crippen molar-refractivity contribution < 1.29 is 9.85 Å². The first-order valence-corrected chi connectivity index (χ1v) is 9.99. The number of nitrogens with zero attached hydrogens (tertiary/aromatic N) is 2. The zero-order valence-electron chi connectivity index (χ0n) is 16.5. The Morgan fingerprint density at radius 1 is 0.806 bits per heavy atom. The summed E-state index contributed by atoms with van der Waals surface area (Å²) in [6.07, 6.45) is 1.49. The van der Waals surface area contributed by atoms with Crippen LogP contribution < -0.4 is 0 Å². The number of hydrogen-bond donors (Lipinski definition) is 0. The van der Waals surface area contributed by atoms with Crippen molar-refractivity contribution in [3.8, 4) is 0 Å². The molecule has 0 saturated heterocycles. The summed E-state index contributed by atoms with van der Waals surface area (Å²) in [5.41, 5.74) is -0.730. The van der Waals surface area contributed by atoms with Crippen molar-refractivity contribution in [2.24, 2.45) is 0 Å². The molecule has 0 unspecified atom stereocenters. The molecule has 152 valence electrons. The summed E-state index contributed by atoms with van der Waals surface area (Å²) in [5, 5.41) is 28.0. The molecule has 0 radical (unpaired) electrons. The lowest BCUT2D eigenvalue weighted by Crippen LogP contribution is -2.30. The van der Waals surface area contributed by atoms with E-state index in [-0.39, 0.29) is 12.1 Å². The molecule has 0 aliphatic heterocycles. The first-order chi connectivity index (χ1) is 15.0. The van der Waals surface area contributed by atoms with Crippen molar-refractivity contribution >= 4 is 27.6 Å². The Labute approximate surface area is 177 Å². The van der Waals surface area contributed by atoms with Gasteiger partial charge in [0.2, 0.25) is 0 Å². The predicted molar refractivity (Wildman–Crippen MR) is 120 cm³/mol. The molecule has 1 fully saturated rings. The highest BCUT2D eigenvalue weighted by atomic mass is 16.6. The summed E-state index contributed by atoms with van der Waals surface area (Å²) in [7, 11) is 0. The van der Waals surface area contributed by atoms with Crippen molar-refractivity contribution in [2.75, 3.05) is 0 Å². The molecule has 4 aromatic rings. The van der Waals surface area contributed by atoms with Crippen LogP contribution in [0.3, 0.4) is 0 Å². The lowest BCUT2D eigenvalue weighted by molar-refractivity contribution is -0.569. The number of benzene rings is 4. The molecule has 2 atom stereocenters. The summed E-state index contributed by atoms with van der Waals surface area (Å²) < 4.78 is 0. The second-order valence-corrected chi connectivity index (χ2v) is 7.86. The van der Waals surface area contributed by atoms with Crippen molar-refractivity contribution in [3.05, 3.63) is 122 Å². The molecule has 0 aromatic heterocycles. The van der Waals surface area contributed by atoms with Gasteiger partial charge in [0.05, 0.1) is 10.8 Å². The Morgan fingerprint density at radius 2 is 1.39 bits per heavy atom. The standard InChI is InChI=1S/C25H18N2O4/c28-26(29)24(15-19-11-5-9-17-7-1-3-12-20(17)19)25(27(30)31)16-23(25)22-14-6-10-18-8-2-4-13-21(18)22/h1-15,23H,16H2/b24-15+/t23-,25+/m1/s1. The number of nitro groups is 2. The largest absolute Gasteiger partial charge is 0.323 e. The van der Waals surface area contributed by atoms with Crippen LogP contribution in [0.25, 0.3) is 27.6 Å². The summed E-state index contributed by atoms with van der Waals surface area (Å²) in [4.78, 5) is 23.3. The van der Waals surface area contributed by atoms with Gasteiger partial charge in [-0.25, -0.2) is 0 Å². The van der Waals surface area contributed by atoms with Gasteiger partial charge in [0.25, 0.3) is 0 Å². The molecule has 5 rings (SSSR count). The third-order valence-corrected chi connectivity index (χ3v) is 6.21. The maximum Gasteiger partial charge on any atom is 0.323 e. The van der Waals surface area contributed by atoms with Crippen LogP contribution in [-0.4, -0.2) is 15.4 Å². The second kappa shape index (κ2) is 7.02. The van der Waals surface area contributed by atoms with Gasteiger partial charge in [0.1, 0.15) is 0 Å². The highest BCUT2D eigenvalue weighted by molar-refractivity contribution is 5.91. The summed E-state index contributed by atoms with van der Waals surface area (Å²) in [6.45, 7) is 0. The Kier molecular flexibility index (Phi) is 4.29. The Hall–Kier alpha value is -4.06. The number of rotatable bonds is 5. The van der Waals surface area contributed by atoms with Crippen LogP contribution in [-0.2, 0) is 0 Å². The lowest BCUT2D eigenvalue weighted by atomic mass is 9.96. The summed E-state index contributed by atoms with van der Waals surface area (Å²) in [5.74, 6) is -0.555. The monoisotopic (exact) mass is 410 g/mol. The lowest BCUT2D eigenvalue weighted by Gasteiger charge is -2.10. The van der Waals surface area contributed by atoms with Gasteiger partial charge in [-0.2, -0.15) is 0 Å². The van der Waals surface area contributed by atoms with E-state index in [1.165, 1.54) is 6.08 Å². The van der Waals surface area contributed by atoms with Crippen LogP contribution in [0.5, 0.6) is 0 Å². The Balaban J connectivity index is 1.68. The van der Waals surface area contributed by atoms with Gasteiger partial charge >= 0.3 is 11.2 Å². The van der Waals surface area contributed by atoms with Gasteiger partial charge in [-0.1, -0.05) is 84.9 Å². The van der Waals surface area contributed by atoms with E-state index < -0.39 is 21.3 Å². The van der Waals surface area contributed by atoms with Crippen LogP contribution in [0.1, 0.15) is 23.5 Å². The first-order valence-electron chi connectivity index (χ1n) is 9.99. The van der Waals surface area contributed by atoms with E-state index >= 15 is 0 Å². The van der Waals surface area contributed by atoms with Crippen LogP contribution in [0, 0.1) is 20.2 Å². The molecule has 4 aromatic carbocycles. The van der Waals surface area contributed by atoms with Gasteiger partial charge < -0.3 is 0 Å². The molecule has 0 spiro atoms. The minimum absolute atomic E-state index is 0.103. The van der Waals surface area contributed by atoms with Gasteiger partial charge in [-0.15, -0.1) is 0 Å².